The Kier molecular flexibility index (Phi) is 3.40. The molecule has 2 aromatic rings. The number of nitrogens with two attached hydrogens (primary N) is 1. The van der Waals surface area contributed by atoms with Crippen LogP contribution < -0.4 is 5.73 Å². The Balaban J connectivity index is 1.89. The van der Waals surface area contributed by atoms with Gasteiger partial charge >= 0.3 is 0 Å². The minimum atomic E-state index is 0.259. The van der Waals surface area contributed by atoms with E-state index in [2.05, 4.69) is 22.4 Å². The minimum absolute atomic E-state index is 0.259. The lowest BCUT2D eigenvalue weighted by Gasteiger charge is -2.14. The van der Waals surface area contributed by atoms with Crippen LogP contribution in [0.3, 0.4) is 0 Å². The van der Waals surface area contributed by atoms with Crippen molar-refractivity contribution in [3.63, 3.8) is 0 Å². The third-order valence-corrected chi connectivity index (χ3v) is 3.83. The molecule has 2 heterocycles. The number of benzene rings is 1. The zero-order valence-corrected chi connectivity index (χ0v) is 11.8. The van der Waals surface area contributed by atoms with Crippen molar-refractivity contribution in [2.45, 2.75) is 32.9 Å². The van der Waals surface area contributed by atoms with E-state index in [0.717, 1.165) is 42.2 Å². The van der Waals surface area contributed by atoms with Crippen molar-refractivity contribution in [3.05, 3.63) is 23.8 Å². The van der Waals surface area contributed by atoms with E-state index in [1.807, 2.05) is 29.8 Å². The third kappa shape index (κ3) is 2.51. The molecule has 2 unspecified atom stereocenters. The number of hydrogen-bond acceptors (Lipinski definition) is 5. The second-order valence-corrected chi connectivity index (χ2v) is 5.44. The van der Waals surface area contributed by atoms with Gasteiger partial charge in [0.1, 0.15) is 0 Å². The Hall–Kier alpha value is -1.95. The Labute approximate surface area is 117 Å². The van der Waals surface area contributed by atoms with Gasteiger partial charge in [-0.05, 0) is 54.5 Å². The molecule has 0 aliphatic carbocycles. The highest BCUT2D eigenvalue weighted by Crippen LogP contribution is 2.25. The van der Waals surface area contributed by atoms with Crippen molar-refractivity contribution >= 4 is 5.69 Å². The van der Waals surface area contributed by atoms with E-state index in [4.69, 9.17) is 10.5 Å². The van der Waals surface area contributed by atoms with Crippen molar-refractivity contribution < 1.29 is 4.74 Å². The van der Waals surface area contributed by atoms with E-state index in [1.165, 1.54) is 0 Å². The molecule has 0 radical (unpaired) electrons. The summed E-state index contributed by atoms with van der Waals surface area (Å²) in [5, 5.41) is 12.1. The highest BCUT2D eigenvalue weighted by Gasteiger charge is 2.26. The van der Waals surface area contributed by atoms with E-state index >= 15 is 0 Å². The van der Waals surface area contributed by atoms with Gasteiger partial charge in [0.25, 0.3) is 0 Å². The van der Waals surface area contributed by atoms with E-state index < -0.39 is 0 Å². The molecule has 6 heteroatoms. The molecule has 20 heavy (non-hydrogen) atoms. The van der Waals surface area contributed by atoms with Gasteiger partial charge in [0, 0.05) is 23.8 Å². The molecule has 1 aromatic heterocycles. The Bertz CT molecular complexity index is 589. The van der Waals surface area contributed by atoms with Crippen LogP contribution in [0.15, 0.2) is 18.2 Å². The first kappa shape index (κ1) is 13.1. The van der Waals surface area contributed by atoms with E-state index in [9.17, 15) is 0 Å². The Morgan fingerprint density at radius 1 is 1.40 bits per heavy atom. The molecule has 0 amide bonds. The summed E-state index contributed by atoms with van der Waals surface area (Å²) >= 11 is 0. The molecule has 1 aliphatic rings. The first-order valence-corrected chi connectivity index (χ1v) is 6.89. The summed E-state index contributed by atoms with van der Waals surface area (Å²) in [6.45, 7) is 5.71. The molecule has 1 aliphatic heterocycles. The first-order chi connectivity index (χ1) is 9.63. The summed E-state index contributed by atoms with van der Waals surface area (Å²) in [5.74, 6) is 1.22. The fourth-order valence-corrected chi connectivity index (χ4v) is 2.71. The van der Waals surface area contributed by atoms with Crippen molar-refractivity contribution in [2.24, 2.45) is 5.92 Å². The Morgan fingerprint density at radius 2 is 2.25 bits per heavy atom. The molecule has 6 nitrogen and oxygen atoms in total. The second kappa shape index (κ2) is 5.20. The summed E-state index contributed by atoms with van der Waals surface area (Å²) in [5.41, 5.74) is 8.69. The quantitative estimate of drug-likeness (QED) is 0.860. The first-order valence-electron chi connectivity index (χ1n) is 6.89. The fourth-order valence-electron chi connectivity index (χ4n) is 2.71. The molecule has 3 rings (SSSR count). The lowest BCUT2D eigenvalue weighted by molar-refractivity contribution is 0.101. The SMILES string of the molecule is Cc1cc(N)cc(-c2nnnn2CC2CCOC2C)c1. The summed E-state index contributed by atoms with van der Waals surface area (Å²) in [7, 11) is 0. The molecule has 1 fully saturated rings. The van der Waals surface area contributed by atoms with Crippen LogP contribution >= 0.6 is 0 Å². The van der Waals surface area contributed by atoms with Crippen LogP contribution in [0.25, 0.3) is 11.4 Å². The number of aryl methyl sites for hydroxylation is 1. The molecule has 2 N–H and O–H groups in total. The topological polar surface area (TPSA) is 78.9 Å². The van der Waals surface area contributed by atoms with Crippen molar-refractivity contribution in [1.82, 2.24) is 20.2 Å². The highest BCUT2D eigenvalue weighted by atomic mass is 16.5. The van der Waals surface area contributed by atoms with Crippen LogP contribution in [0.1, 0.15) is 18.9 Å². The van der Waals surface area contributed by atoms with Gasteiger partial charge in [0.15, 0.2) is 5.82 Å². The molecule has 2 atom stereocenters. The van der Waals surface area contributed by atoms with Gasteiger partial charge in [-0.1, -0.05) is 0 Å². The number of anilines is 1. The molecule has 1 aromatic carbocycles. The van der Waals surface area contributed by atoms with Crippen LogP contribution in [-0.2, 0) is 11.3 Å². The fraction of sp³-hybridized carbons (Fsp3) is 0.500. The van der Waals surface area contributed by atoms with Gasteiger partial charge in [-0.25, -0.2) is 4.68 Å². The summed E-state index contributed by atoms with van der Waals surface area (Å²) in [6, 6.07) is 5.89. The predicted molar refractivity (Wildman–Crippen MR) is 75.9 cm³/mol. The van der Waals surface area contributed by atoms with Gasteiger partial charge in [0.05, 0.1) is 12.6 Å². The molecular weight excluding hydrogens is 254 g/mol. The summed E-state index contributed by atoms with van der Waals surface area (Å²) in [4.78, 5) is 0. The number of hydrogen-bond donors (Lipinski definition) is 1. The maximum absolute atomic E-state index is 5.90. The lowest BCUT2D eigenvalue weighted by Crippen LogP contribution is -2.19. The number of nitrogen functional groups attached to an aromatic ring is 1. The van der Waals surface area contributed by atoms with Crippen LogP contribution in [-0.4, -0.2) is 32.9 Å². The maximum Gasteiger partial charge on any atom is 0.182 e. The van der Waals surface area contributed by atoms with Gasteiger partial charge < -0.3 is 10.5 Å². The van der Waals surface area contributed by atoms with Gasteiger partial charge in [-0.3, -0.25) is 0 Å². The van der Waals surface area contributed by atoms with Crippen LogP contribution in [0.5, 0.6) is 0 Å². The second-order valence-electron chi connectivity index (χ2n) is 5.44. The standard InChI is InChI=1S/C14H19N5O/c1-9-5-12(7-13(15)6-9)14-16-17-18-19(14)8-11-3-4-20-10(11)2/h5-7,10-11H,3-4,8,15H2,1-2H3. The monoisotopic (exact) mass is 273 g/mol. The van der Waals surface area contributed by atoms with Gasteiger partial charge in [-0.2, -0.15) is 0 Å². The van der Waals surface area contributed by atoms with Crippen molar-refractivity contribution in [2.75, 3.05) is 12.3 Å². The number of ether oxygens (including phenoxy) is 1. The lowest BCUT2D eigenvalue weighted by atomic mass is 10.0. The number of tetrazole rings is 1. The average molecular weight is 273 g/mol. The van der Waals surface area contributed by atoms with Crippen LogP contribution in [0.4, 0.5) is 5.69 Å². The minimum Gasteiger partial charge on any atom is -0.399 e. The average Bonchev–Trinajstić information content (AvgIpc) is 2.99. The third-order valence-electron chi connectivity index (χ3n) is 3.83. The van der Waals surface area contributed by atoms with Crippen molar-refractivity contribution in [1.29, 1.82) is 0 Å². The molecule has 0 bridgehead atoms. The smallest absolute Gasteiger partial charge is 0.182 e. The van der Waals surface area contributed by atoms with E-state index in [-0.39, 0.29) is 6.10 Å². The molecular formula is C14H19N5O. The molecule has 0 saturated carbocycles. The predicted octanol–water partition coefficient (Wildman–Crippen LogP) is 1.66. The van der Waals surface area contributed by atoms with Crippen molar-refractivity contribution in [3.8, 4) is 11.4 Å². The van der Waals surface area contributed by atoms with Crippen LogP contribution in [0.2, 0.25) is 0 Å². The number of rotatable bonds is 3. The van der Waals surface area contributed by atoms with Gasteiger partial charge in [-0.15, -0.1) is 5.10 Å². The van der Waals surface area contributed by atoms with Gasteiger partial charge in [0.2, 0.25) is 0 Å². The van der Waals surface area contributed by atoms with Crippen LogP contribution in [0, 0.1) is 12.8 Å². The highest BCUT2D eigenvalue weighted by molar-refractivity contribution is 5.62. The molecule has 0 spiro atoms. The number of nitrogens with zero attached hydrogens (tertiary/aromatic N) is 4. The largest absolute Gasteiger partial charge is 0.399 e. The molecule has 1 saturated heterocycles. The van der Waals surface area contributed by atoms with E-state index in [0.29, 0.717) is 5.92 Å². The summed E-state index contributed by atoms with van der Waals surface area (Å²) < 4.78 is 7.45. The van der Waals surface area contributed by atoms with E-state index in [1.54, 1.807) is 0 Å². The number of aromatic nitrogens is 4. The summed E-state index contributed by atoms with van der Waals surface area (Å²) in [6.07, 6.45) is 1.31. The normalized spacial score (nSPS) is 22.3. The zero-order chi connectivity index (χ0) is 14.1. The molecule has 106 valence electrons. The zero-order valence-electron chi connectivity index (χ0n) is 11.8. The Morgan fingerprint density at radius 3 is 2.95 bits per heavy atom. The maximum atomic E-state index is 5.90.